The van der Waals surface area contributed by atoms with Gasteiger partial charge in [0.15, 0.2) is 17.0 Å². The van der Waals surface area contributed by atoms with Crippen molar-refractivity contribution in [1.82, 2.24) is 4.57 Å². The molecule has 0 atom stereocenters. The summed E-state index contributed by atoms with van der Waals surface area (Å²) >= 11 is 12.1. The molecule has 3 aromatic rings. The number of rotatable bonds is 6. The molecular formula is C22H18Cl2FNO4. The third-order valence-electron chi connectivity index (χ3n) is 4.72. The lowest BCUT2D eigenvalue weighted by atomic mass is 10.0. The van der Waals surface area contributed by atoms with Crippen LogP contribution in [0.15, 0.2) is 47.3 Å². The van der Waals surface area contributed by atoms with Crippen molar-refractivity contribution < 1.29 is 19.0 Å². The van der Waals surface area contributed by atoms with Gasteiger partial charge in [0.05, 0.1) is 22.8 Å². The molecule has 1 aromatic heterocycles. The number of carboxylic acid groups (broad SMARTS) is 1. The average molecular weight is 450 g/mol. The highest BCUT2D eigenvalue weighted by molar-refractivity contribution is 6.42. The second-order valence-electron chi connectivity index (χ2n) is 6.55. The monoisotopic (exact) mass is 449 g/mol. The third-order valence-corrected chi connectivity index (χ3v) is 5.46. The molecule has 3 rings (SSSR count). The fraction of sp³-hybridized carbons (Fsp3) is 0.182. The predicted molar refractivity (Wildman–Crippen MR) is 115 cm³/mol. The number of ether oxygens (including phenoxy) is 1. The maximum absolute atomic E-state index is 14.1. The lowest BCUT2D eigenvalue weighted by Gasteiger charge is -2.20. The summed E-state index contributed by atoms with van der Waals surface area (Å²) in [6.45, 7) is 2.21. The first-order chi connectivity index (χ1) is 14.3. The highest BCUT2D eigenvalue weighted by Gasteiger charge is 2.22. The minimum absolute atomic E-state index is 0.115. The molecule has 0 spiro atoms. The summed E-state index contributed by atoms with van der Waals surface area (Å²) in [6, 6.07) is 10.5. The van der Waals surface area contributed by atoms with Crippen molar-refractivity contribution in [2.45, 2.75) is 19.9 Å². The third kappa shape index (κ3) is 4.20. The summed E-state index contributed by atoms with van der Waals surface area (Å²) in [5, 5.41) is 10.2. The Morgan fingerprint density at radius 1 is 1.13 bits per heavy atom. The van der Waals surface area contributed by atoms with E-state index in [1.807, 2.05) is 6.92 Å². The average Bonchev–Trinajstić information content (AvgIpc) is 2.69. The zero-order valence-electron chi connectivity index (χ0n) is 16.2. The van der Waals surface area contributed by atoms with E-state index >= 15 is 0 Å². The molecule has 0 amide bonds. The molecule has 1 N–H and O–H groups in total. The fourth-order valence-corrected chi connectivity index (χ4v) is 3.68. The molecule has 0 aliphatic carbocycles. The molecule has 0 saturated heterocycles. The number of nitrogens with zero attached hydrogens (tertiary/aromatic N) is 1. The van der Waals surface area contributed by atoms with E-state index in [1.54, 1.807) is 22.8 Å². The van der Waals surface area contributed by atoms with Crippen LogP contribution in [0.2, 0.25) is 10.0 Å². The maximum atomic E-state index is 14.1. The highest BCUT2D eigenvalue weighted by atomic mass is 35.5. The van der Waals surface area contributed by atoms with Crippen molar-refractivity contribution in [2.24, 2.45) is 0 Å². The standard InChI is InChI=1S/C22H18Cl2FNO4/c1-3-26-14(8-12-4-7-19(30-2)17(25)9-12)11-18(27)20(22(28)29)21(26)13-5-6-15(23)16(24)10-13/h4-7,9-11H,3,8H2,1-2H3,(H,28,29). The largest absolute Gasteiger partial charge is 0.494 e. The van der Waals surface area contributed by atoms with Crippen molar-refractivity contribution in [1.29, 1.82) is 0 Å². The van der Waals surface area contributed by atoms with Crippen LogP contribution in [0.25, 0.3) is 11.3 Å². The molecular weight excluding hydrogens is 432 g/mol. The van der Waals surface area contributed by atoms with E-state index in [0.717, 1.165) is 0 Å². The Balaban J connectivity index is 2.24. The summed E-state index contributed by atoms with van der Waals surface area (Å²) in [6.07, 6.45) is 0.220. The van der Waals surface area contributed by atoms with Gasteiger partial charge in [0.1, 0.15) is 5.56 Å². The van der Waals surface area contributed by atoms with Gasteiger partial charge >= 0.3 is 5.97 Å². The van der Waals surface area contributed by atoms with Crippen LogP contribution >= 0.6 is 23.2 Å². The van der Waals surface area contributed by atoms with Crippen LogP contribution in [-0.4, -0.2) is 22.8 Å². The van der Waals surface area contributed by atoms with Gasteiger partial charge in [0.25, 0.3) is 0 Å². The molecule has 0 fully saturated rings. The molecule has 1 heterocycles. The quantitative estimate of drug-likeness (QED) is 0.555. The Labute approximate surface area is 182 Å². The van der Waals surface area contributed by atoms with E-state index in [0.29, 0.717) is 28.4 Å². The zero-order valence-corrected chi connectivity index (χ0v) is 17.7. The number of aromatic carboxylic acids is 1. The van der Waals surface area contributed by atoms with Gasteiger partial charge in [-0.1, -0.05) is 35.3 Å². The van der Waals surface area contributed by atoms with Gasteiger partial charge in [-0.2, -0.15) is 0 Å². The van der Waals surface area contributed by atoms with E-state index in [-0.39, 0.29) is 28.5 Å². The van der Waals surface area contributed by atoms with Crippen LogP contribution in [0.5, 0.6) is 5.75 Å². The number of hydrogen-bond donors (Lipinski definition) is 1. The Bertz CT molecular complexity index is 1190. The maximum Gasteiger partial charge on any atom is 0.341 e. The lowest BCUT2D eigenvalue weighted by molar-refractivity contribution is 0.0695. The van der Waals surface area contributed by atoms with Gasteiger partial charge in [0, 0.05) is 30.3 Å². The number of pyridine rings is 1. The minimum Gasteiger partial charge on any atom is -0.494 e. The first kappa shape index (κ1) is 21.9. The van der Waals surface area contributed by atoms with Crippen LogP contribution in [0.3, 0.4) is 0 Å². The topological polar surface area (TPSA) is 68.5 Å². The molecule has 0 radical (unpaired) electrons. The number of halogens is 3. The number of carbonyl (C=O) groups is 1. The van der Waals surface area contributed by atoms with Crippen molar-refractivity contribution >= 4 is 29.2 Å². The van der Waals surface area contributed by atoms with Gasteiger partial charge in [-0.25, -0.2) is 9.18 Å². The lowest BCUT2D eigenvalue weighted by Crippen LogP contribution is -2.23. The smallest absolute Gasteiger partial charge is 0.341 e. The molecule has 2 aromatic carbocycles. The number of hydrogen-bond acceptors (Lipinski definition) is 3. The summed E-state index contributed by atoms with van der Waals surface area (Å²) in [5.41, 5.74) is 0.817. The van der Waals surface area contributed by atoms with E-state index in [2.05, 4.69) is 0 Å². The van der Waals surface area contributed by atoms with Crippen molar-refractivity contribution in [3.8, 4) is 17.0 Å². The zero-order chi connectivity index (χ0) is 22.0. The summed E-state index contributed by atoms with van der Waals surface area (Å²) < 4.78 is 20.8. The number of methoxy groups -OCH3 is 1. The Hall–Kier alpha value is -2.83. The Morgan fingerprint density at radius 3 is 2.43 bits per heavy atom. The molecule has 0 bridgehead atoms. The van der Waals surface area contributed by atoms with Gasteiger partial charge < -0.3 is 14.4 Å². The Morgan fingerprint density at radius 2 is 1.87 bits per heavy atom. The van der Waals surface area contributed by atoms with E-state index in [1.165, 1.54) is 31.4 Å². The van der Waals surface area contributed by atoms with Crippen molar-refractivity contribution in [3.63, 3.8) is 0 Å². The van der Waals surface area contributed by atoms with Gasteiger partial charge in [-0.3, -0.25) is 4.79 Å². The number of aromatic nitrogens is 1. The van der Waals surface area contributed by atoms with E-state index in [9.17, 15) is 19.1 Å². The molecule has 0 aliphatic rings. The number of carboxylic acids is 1. The summed E-state index contributed by atoms with van der Waals surface area (Å²) in [7, 11) is 1.38. The van der Waals surface area contributed by atoms with Crippen LogP contribution in [0, 0.1) is 5.82 Å². The number of benzene rings is 2. The van der Waals surface area contributed by atoms with Crippen LogP contribution < -0.4 is 10.2 Å². The van der Waals surface area contributed by atoms with Crippen LogP contribution in [-0.2, 0) is 13.0 Å². The van der Waals surface area contributed by atoms with E-state index < -0.39 is 17.2 Å². The highest BCUT2D eigenvalue weighted by Crippen LogP contribution is 2.31. The SMILES string of the molecule is CCn1c(Cc2ccc(OC)c(F)c2)cc(=O)c(C(=O)O)c1-c1ccc(Cl)c(Cl)c1. The minimum atomic E-state index is -1.34. The summed E-state index contributed by atoms with van der Waals surface area (Å²) in [4.78, 5) is 24.6. The van der Waals surface area contributed by atoms with Gasteiger partial charge in [-0.05, 0) is 36.8 Å². The van der Waals surface area contributed by atoms with Crippen LogP contribution in [0.4, 0.5) is 4.39 Å². The van der Waals surface area contributed by atoms with Crippen LogP contribution in [0.1, 0.15) is 28.5 Å². The fourth-order valence-electron chi connectivity index (χ4n) is 3.38. The molecule has 8 heteroatoms. The molecule has 30 heavy (non-hydrogen) atoms. The first-order valence-electron chi connectivity index (χ1n) is 9.04. The molecule has 0 unspecified atom stereocenters. The second-order valence-corrected chi connectivity index (χ2v) is 7.36. The van der Waals surface area contributed by atoms with Crippen molar-refractivity contribution in [3.05, 3.63) is 85.4 Å². The predicted octanol–water partition coefficient (Wildman–Crippen LogP) is 5.28. The van der Waals surface area contributed by atoms with Gasteiger partial charge in [0.2, 0.25) is 0 Å². The van der Waals surface area contributed by atoms with E-state index in [4.69, 9.17) is 27.9 Å². The molecule has 156 valence electrons. The van der Waals surface area contributed by atoms with Gasteiger partial charge in [-0.15, -0.1) is 0 Å². The molecule has 5 nitrogen and oxygen atoms in total. The van der Waals surface area contributed by atoms with Crippen molar-refractivity contribution in [2.75, 3.05) is 7.11 Å². The molecule has 0 aliphatic heterocycles. The Kier molecular flexibility index (Phi) is 6.48. The second kappa shape index (κ2) is 8.90. The summed E-state index contributed by atoms with van der Waals surface area (Å²) in [5.74, 6) is -1.75. The first-order valence-corrected chi connectivity index (χ1v) is 9.80. The molecule has 0 saturated carbocycles. The normalized spacial score (nSPS) is 10.8.